The molecule has 0 atom stereocenters. The second kappa shape index (κ2) is 7.49. The van der Waals surface area contributed by atoms with Gasteiger partial charge in [0.1, 0.15) is 6.54 Å². The van der Waals surface area contributed by atoms with Crippen LogP contribution in [0.2, 0.25) is 5.02 Å². The van der Waals surface area contributed by atoms with Crippen LogP contribution in [0.3, 0.4) is 0 Å². The highest BCUT2D eigenvalue weighted by Gasteiger charge is 2.19. The molecule has 0 heterocycles. The van der Waals surface area contributed by atoms with Crippen molar-refractivity contribution in [2.24, 2.45) is 0 Å². The van der Waals surface area contributed by atoms with Crippen LogP contribution in [0, 0.1) is 20.8 Å². The molecule has 4 nitrogen and oxygen atoms in total. The Morgan fingerprint density at radius 3 is 2.08 bits per heavy atom. The van der Waals surface area contributed by atoms with Crippen LogP contribution < -0.4 is 10.2 Å². The Kier molecular flexibility index (Phi) is 5.62. The molecule has 0 bridgehead atoms. The second-order valence-electron chi connectivity index (χ2n) is 5.91. The third-order valence-corrected chi connectivity index (χ3v) is 3.97. The lowest BCUT2D eigenvalue weighted by Gasteiger charge is -2.25. The van der Waals surface area contributed by atoms with Gasteiger partial charge in [-0.3, -0.25) is 9.59 Å². The molecule has 0 unspecified atom stereocenters. The van der Waals surface area contributed by atoms with Crippen molar-refractivity contribution in [1.82, 2.24) is 0 Å². The van der Waals surface area contributed by atoms with Crippen molar-refractivity contribution < 1.29 is 9.59 Å². The molecule has 2 aromatic rings. The molecule has 0 aromatic heterocycles. The van der Waals surface area contributed by atoms with Crippen LogP contribution in [0.25, 0.3) is 0 Å². The summed E-state index contributed by atoms with van der Waals surface area (Å²) < 4.78 is 0. The third kappa shape index (κ3) is 4.36. The minimum atomic E-state index is -0.258. The maximum Gasteiger partial charge on any atom is 0.244 e. The van der Waals surface area contributed by atoms with Crippen LogP contribution in [0.4, 0.5) is 11.4 Å². The topological polar surface area (TPSA) is 49.4 Å². The van der Waals surface area contributed by atoms with Crippen LogP contribution in [0.15, 0.2) is 36.4 Å². The van der Waals surface area contributed by atoms with Gasteiger partial charge < -0.3 is 10.2 Å². The maximum atomic E-state index is 12.3. The van der Waals surface area contributed by atoms with E-state index in [1.54, 1.807) is 24.3 Å². The van der Waals surface area contributed by atoms with Gasteiger partial charge in [-0.1, -0.05) is 29.3 Å². The normalized spacial score (nSPS) is 10.4. The van der Waals surface area contributed by atoms with Gasteiger partial charge in [-0.05, 0) is 56.2 Å². The Morgan fingerprint density at radius 2 is 1.58 bits per heavy atom. The molecule has 24 heavy (non-hydrogen) atoms. The van der Waals surface area contributed by atoms with Crippen molar-refractivity contribution in [3.63, 3.8) is 0 Å². The van der Waals surface area contributed by atoms with Crippen molar-refractivity contribution in [1.29, 1.82) is 0 Å². The summed E-state index contributed by atoms with van der Waals surface area (Å²) in [7, 11) is 0. The van der Waals surface area contributed by atoms with E-state index in [1.165, 1.54) is 11.8 Å². The molecule has 0 fully saturated rings. The number of rotatable bonds is 4. The van der Waals surface area contributed by atoms with Crippen molar-refractivity contribution in [2.45, 2.75) is 27.7 Å². The predicted molar refractivity (Wildman–Crippen MR) is 98.8 cm³/mol. The summed E-state index contributed by atoms with van der Waals surface area (Å²) in [5, 5.41) is 3.38. The van der Waals surface area contributed by atoms with E-state index in [2.05, 4.69) is 5.32 Å². The first-order chi connectivity index (χ1) is 11.3. The minimum absolute atomic E-state index is 0.0390. The molecule has 0 saturated heterocycles. The zero-order chi connectivity index (χ0) is 17.9. The molecule has 5 heteroatoms. The Labute approximate surface area is 147 Å². The van der Waals surface area contributed by atoms with E-state index in [1.807, 2.05) is 32.9 Å². The number of aryl methyl sites for hydroxylation is 3. The molecule has 1 N–H and O–H groups in total. The molecule has 0 spiro atoms. The van der Waals surface area contributed by atoms with E-state index in [0.29, 0.717) is 10.7 Å². The summed E-state index contributed by atoms with van der Waals surface area (Å²) in [5.74, 6) is -0.428. The molecule has 0 aliphatic rings. The quantitative estimate of drug-likeness (QED) is 0.901. The fraction of sp³-hybridized carbons (Fsp3) is 0.263. The molecule has 2 amide bonds. The predicted octanol–water partition coefficient (Wildman–Crippen LogP) is 4.26. The second-order valence-corrected chi connectivity index (χ2v) is 6.34. The van der Waals surface area contributed by atoms with Crippen molar-refractivity contribution in [2.75, 3.05) is 16.8 Å². The summed E-state index contributed by atoms with van der Waals surface area (Å²) in [4.78, 5) is 25.9. The molecular formula is C19H21ClN2O2. The SMILES string of the molecule is CC(=O)N(CC(=O)Nc1ccc(Cl)cc1)c1c(C)cc(C)cc1C. The van der Waals surface area contributed by atoms with Crippen molar-refractivity contribution in [3.8, 4) is 0 Å². The average molecular weight is 345 g/mol. The standard InChI is InChI=1S/C19H21ClN2O2/c1-12-9-13(2)19(14(3)10-12)22(15(4)23)11-18(24)21-17-7-5-16(20)6-8-17/h5-10H,11H2,1-4H3,(H,21,24). The zero-order valence-electron chi connectivity index (χ0n) is 14.3. The van der Waals surface area contributed by atoms with E-state index in [-0.39, 0.29) is 18.4 Å². The van der Waals surface area contributed by atoms with Crippen LogP contribution in [-0.4, -0.2) is 18.4 Å². The number of carbonyl (C=O) groups is 2. The van der Waals surface area contributed by atoms with E-state index in [9.17, 15) is 9.59 Å². The van der Waals surface area contributed by atoms with Crippen LogP contribution in [0.5, 0.6) is 0 Å². The molecule has 0 aliphatic carbocycles. The Morgan fingerprint density at radius 1 is 1.04 bits per heavy atom. The first kappa shape index (κ1) is 18.0. The summed E-state index contributed by atoms with van der Waals surface area (Å²) >= 11 is 5.84. The van der Waals surface area contributed by atoms with Gasteiger partial charge in [-0.25, -0.2) is 0 Å². The summed E-state index contributed by atoms with van der Waals surface area (Å²) in [6.45, 7) is 7.33. The number of anilines is 2. The van der Waals surface area contributed by atoms with Gasteiger partial charge in [0.2, 0.25) is 11.8 Å². The number of benzene rings is 2. The van der Waals surface area contributed by atoms with Crippen molar-refractivity contribution >= 4 is 34.8 Å². The number of hydrogen-bond acceptors (Lipinski definition) is 2. The van der Waals surface area contributed by atoms with Crippen LogP contribution >= 0.6 is 11.6 Å². The van der Waals surface area contributed by atoms with E-state index < -0.39 is 0 Å². The molecule has 2 rings (SSSR count). The highest BCUT2D eigenvalue weighted by Crippen LogP contribution is 2.26. The summed E-state index contributed by atoms with van der Waals surface area (Å²) in [5.41, 5.74) is 4.51. The van der Waals surface area contributed by atoms with Gasteiger partial charge in [-0.15, -0.1) is 0 Å². The highest BCUT2D eigenvalue weighted by atomic mass is 35.5. The highest BCUT2D eigenvalue weighted by molar-refractivity contribution is 6.30. The van der Waals surface area contributed by atoms with E-state index in [0.717, 1.165) is 22.4 Å². The third-order valence-electron chi connectivity index (χ3n) is 3.72. The van der Waals surface area contributed by atoms with Crippen molar-refractivity contribution in [3.05, 3.63) is 58.1 Å². The number of halogens is 1. The van der Waals surface area contributed by atoms with Gasteiger partial charge >= 0.3 is 0 Å². The van der Waals surface area contributed by atoms with Gasteiger partial charge in [-0.2, -0.15) is 0 Å². The fourth-order valence-electron chi connectivity index (χ4n) is 2.82. The number of hydrogen-bond donors (Lipinski definition) is 1. The summed E-state index contributed by atoms with van der Waals surface area (Å²) in [6, 6.07) is 10.9. The number of nitrogens with one attached hydrogen (secondary N) is 1. The van der Waals surface area contributed by atoms with Gasteiger partial charge in [0.25, 0.3) is 0 Å². The number of amides is 2. The molecule has 2 aromatic carbocycles. The number of nitrogens with zero attached hydrogens (tertiary/aromatic N) is 1. The average Bonchev–Trinajstić information content (AvgIpc) is 2.47. The molecule has 0 radical (unpaired) electrons. The zero-order valence-corrected chi connectivity index (χ0v) is 15.1. The smallest absolute Gasteiger partial charge is 0.244 e. The monoisotopic (exact) mass is 344 g/mol. The first-order valence-electron chi connectivity index (χ1n) is 7.69. The first-order valence-corrected chi connectivity index (χ1v) is 8.07. The lowest BCUT2D eigenvalue weighted by atomic mass is 10.0. The Balaban J connectivity index is 2.21. The Hall–Kier alpha value is -2.33. The van der Waals surface area contributed by atoms with E-state index in [4.69, 9.17) is 11.6 Å². The lowest BCUT2D eigenvalue weighted by molar-refractivity contribution is -0.120. The largest absolute Gasteiger partial charge is 0.325 e. The van der Waals surface area contributed by atoms with Crippen LogP contribution in [-0.2, 0) is 9.59 Å². The van der Waals surface area contributed by atoms with Gasteiger partial charge in [0.15, 0.2) is 0 Å². The fourth-order valence-corrected chi connectivity index (χ4v) is 2.95. The molecule has 126 valence electrons. The summed E-state index contributed by atoms with van der Waals surface area (Å²) in [6.07, 6.45) is 0. The lowest BCUT2D eigenvalue weighted by Crippen LogP contribution is -2.37. The van der Waals surface area contributed by atoms with E-state index >= 15 is 0 Å². The minimum Gasteiger partial charge on any atom is -0.325 e. The maximum absolute atomic E-state index is 12.3. The Bertz CT molecular complexity index is 746. The molecule has 0 aliphatic heterocycles. The molecular weight excluding hydrogens is 324 g/mol. The number of carbonyl (C=O) groups excluding carboxylic acids is 2. The van der Waals surface area contributed by atoms with Gasteiger partial charge in [0.05, 0.1) is 5.69 Å². The van der Waals surface area contributed by atoms with Gasteiger partial charge in [0, 0.05) is 17.6 Å². The molecule has 0 saturated carbocycles. The van der Waals surface area contributed by atoms with Crippen LogP contribution in [0.1, 0.15) is 23.6 Å².